The Morgan fingerprint density at radius 3 is 2.64 bits per heavy atom. The highest BCUT2D eigenvalue weighted by Crippen LogP contribution is 2.20. The van der Waals surface area contributed by atoms with Crippen LogP contribution in [0.25, 0.3) is 10.9 Å². The average Bonchev–Trinajstić information content (AvgIpc) is 3.04. The van der Waals surface area contributed by atoms with E-state index < -0.39 is 0 Å². The second-order valence-corrected chi connectivity index (χ2v) is 7.08. The van der Waals surface area contributed by atoms with E-state index in [1.165, 1.54) is 0 Å². The third-order valence-corrected chi connectivity index (χ3v) is 4.64. The molecule has 0 saturated carbocycles. The molecule has 0 unspecified atom stereocenters. The summed E-state index contributed by atoms with van der Waals surface area (Å²) in [7, 11) is 0. The first kappa shape index (κ1) is 19.6. The van der Waals surface area contributed by atoms with Crippen LogP contribution in [0.5, 0.6) is 0 Å². The summed E-state index contributed by atoms with van der Waals surface area (Å²) >= 11 is 3.37. The number of hydrogen-bond donors (Lipinski definition) is 3. The van der Waals surface area contributed by atoms with Gasteiger partial charge in [0.2, 0.25) is 5.91 Å². The Morgan fingerprint density at radius 2 is 1.89 bits per heavy atom. The molecule has 7 nitrogen and oxygen atoms in total. The third kappa shape index (κ3) is 5.20. The summed E-state index contributed by atoms with van der Waals surface area (Å²) in [4.78, 5) is 23.0. The highest BCUT2D eigenvalue weighted by Gasteiger charge is 2.07. The summed E-state index contributed by atoms with van der Waals surface area (Å²) < 4.78 is 2.93. The second-order valence-electron chi connectivity index (χ2n) is 6.16. The predicted octanol–water partition coefficient (Wildman–Crippen LogP) is 2.84. The second kappa shape index (κ2) is 9.18. The van der Waals surface area contributed by atoms with Gasteiger partial charge in [0, 0.05) is 45.8 Å². The van der Waals surface area contributed by atoms with Gasteiger partial charge >= 0.3 is 0 Å². The maximum Gasteiger partial charge on any atom is 0.259 e. The summed E-state index contributed by atoms with van der Waals surface area (Å²) in [6, 6.07) is 15.3. The lowest BCUT2D eigenvalue weighted by atomic mass is 10.2. The first-order valence-electron chi connectivity index (χ1n) is 8.70. The van der Waals surface area contributed by atoms with E-state index in [-0.39, 0.29) is 24.8 Å². The Labute approximate surface area is 170 Å². The van der Waals surface area contributed by atoms with E-state index in [0.29, 0.717) is 6.54 Å². The van der Waals surface area contributed by atoms with Crippen LogP contribution >= 0.6 is 15.9 Å². The highest BCUT2D eigenvalue weighted by atomic mass is 79.9. The molecule has 0 aliphatic heterocycles. The van der Waals surface area contributed by atoms with Gasteiger partial charge in [0.25, 0.3) is 5.91 Å². The number of hydrogen-bond acceptors (Lipinski definition) is 4. The zero-order valence-electron chi connectivity index (χ0n) is 15.1. The van der Waals surface area contributed by atoms with Gasteiger partial charge in [0.15, 0.2) is 0 Å². The van der Waals surface area contributed by atoms with Gasteiger partial charge in [0.1, 0.15) is 0 Å². The lowest BCUT2D eigenvalue weighted by Crippen LogP contribution is -2.25. The molecule has 4 N–H and O–H groups in total. The van der Waals surface area contributed by atoms with Crippen molar-refractivity contribution in [2.45, 2.75) is 13.0 Å². The number of nitrogens with one attached hydrogen (secondary N) is 2. The molecule has 144 valence electrons. The van der Waals surface area contributed by atoms with Crippen LogP contribution in [0, 0.1) is 0 Å². The van der Waals surface area contributed by atoms with Crippen LogP contribution in [0.4, 0.5) is 5.69 Å². The number of nitrogens with zero attached hydrogens (tertiary/aromatic N) is 2. The van der Waals surface area contributed by atoms with Crippen molar-refractivity contribution in [2.24, 2.45) is 10.8 Å². The van der Waals surface area contributed by atoms with Crippen molar-refractivity contribution in [3.63, 3.8) is 0 Å². The van der Waals surface area contributed by atoms with Gasteiger partial charge in [-0.25, -0.2) is 5.43 Å². The lowest BCUT2D eigenvalue weighted by molar-refractivity contribution is -0.119. The number of rotatable bonds is 8. The molecular weight excluding hydrogens is 422 g/mol. The minimum absolute atomic E-state index is 0.110. The number of aryl methyl sites for hydroxylation is 1. The van der Waals surface area contributed by atoms with Crippen molar-refractivity contribution in [2.75, 3.05) is 11.9 Å². The van der Waals surface area contributed by atoms with Gasteiger partial charge in [-0.2, -0.15) is 5.10 Å². The summed E-state index contributed by atoms with van der Waals surface area (Å²) in [5, 5.41) is 8.06. The van der Waals surface area contributed by atoms with Crippen molar-refractivity contribution in [1.29, 1.82) is 0 Å². The molecule has 2 amide bonds. The van der Waals surface area contributed by atoms with Gasteiger partial charge < -0.3 is 15.6 Å². The molecular formula is C20H20BrN5O2. The topological polar surface area (TPSA) is 102 Å². The van der Waals surface area contributed by atoms with E-state index in [1.54, 1.807) is 6.21 Å². The fourth-order valence-corrected chi connectivity index (χ4v) is 3.02. The molecule has 0 radical (unpaired) electrons. The highest BCUT2D eigenvalue weighted by molar-refractivity contribution is 9.10. The molecule has 0 bridgehead atoms. The van der Waals surface area contributed by atoms with E-state index in [1.807, 2.05) is 59.3 Å². The number of para-hydroxylation sites is 1. The van der Waals surface area contributed by atoms with Gasteiger partial charge in [-0.15, -0.1) is 0 Å². The van der Waals surface area contributed by atoms with Crippen molar-refractivity contribution >= 4 is 50.5 Å². The number of carbonyl (C=O) groups excluding carboxylic acids is 2. The third-order valence-electron chi connectivity index (χ3n) is 4.11. The molecule has 0 atom stereocenters. The van der Waals surface area contributed by atoms with Crippen LogP contribution in [0.3, 0.4) is 0 Å². The molecule has 0 spiro atoms. The number of benzene rings is 2. The van der Waals surface area contributed by atoms with Crippen LogP contribution in [-0.2, 0) is 16.1 Å². The van der Waals surface area contributed by atoms with E-state index >= 15 is 0 Å². The molecule has 3 rings (SSSR count). The van der Waals surface area contributed by atoms with Gasteiger partial charge in [-0.1, -0.05) is 34.1 Å². The van der Waals surface area contributed by atoms with Gasteiger partial charge in [-0.05, 0) is 30.3 Å². The largest absolute Gasteiger partial charge is 0.376 e. The van der Waals surface area contributed by atoms with E-state index in [4.69, 9.17) is 5.73 Å². The van der Waals surface area contributed by atoms with E-state index in [9.17, 15) is 9.59 Å². The number of amides is 2. The molecule has 0 fully saturated rings. The van der Waals surface area contributed by atoms with Gasteiger partial charge in [-0.3, -0.25) is 9.59 Å². The number of anilines is 1. The van der Waals surface area contributed by atoms with Crippen molar-refractivity contribution in [1.82, 2.24) is 9.99 Å². The predicted molar refractivity (Wildman–Crippen MR) is 114 cm³/mol. The van der Waals surface area contributed by atoms with E-state index in [0.717, 1.165) is 26.6 Å². The van der Waals surface area contributed by atoms with Crippen LogP contribution < -0.4 is 16.5 Å². The van der Waals surface area contributed by atoms with Crippen LogP contribution in [0.1, 0.15) is 12.0 Å². The number of aromatic nitrogens is 1. The fraction of sp³-hybridized carbons (Fsp3) is 0.150. The lowest BCUT2D eigenvalue weighted by Gasteiger charge is -2.04. The number of nitrogens with two attached hydrogens (primary N) is 1. The Kier molecular flexibility index (Phi) is 6.44. The zero-order valence-corrected chi connectivity index (χ0v) is 16.6. The Balaban J connectivity index is 1.61. The number of halogens is 1. The Bertz CT molecular complexity index is 1010. The molecule has 1 aromatic heterocycles. The minimum atomic E-state index is -0.349. The fourth-order valence-electron chi connectivity index (χ4n) is 2.76. The van der Waals surface area contributed by atoms with Crippen LogP contribution in [-0.4, -0.2) is 29.1 Å². The summed E-state index contributed by atoms with van der Waals surface area (Å²) in [5.41, 5.74) is 10.4. The normalized spacial score (nSPS) is 11.0. The number of primary amides is 1. The SMILES string of the molecule is NC(=O)CCn1cc(/C=N\NC(=O)CNc2ccc(Br)cc2)c2ccccc21. The number of fused-ring (bicyclic) bond motifs is 1. The molecule has 3 aromatic rings. The standard InChI is InChI=1S/C20H20BrN5O2/c21-15-5-7-16(8-6-15)23-12-20(28)25-24-11-14-13-26(10-9-19(22)27)18-4-2-1-3-17(14)18/h1-8,11,13,23H,9-10,12H2,(H2,22,27)(H,25,28)/b24-11-. The Morgan fingerprint density at radius 1 is 1.14 bits per heavy atom. The quantitative estimate of drug-likeness (QED) is 0.369. The molecule has 0 saturated heterocycles. The van der Waals surface area contributed by atoms with Crippen LogP contribution in [0.15, 0.2) is 64.3 Å². The zero-order chi connectivity index (χ0) is 19.9. The minimum Gasteiger partial charge on any atom is -0.376 e. The maximum atomic E-state index is 12.0. The summed E-state index contributed by atoms with van der Waals surface area (Å²) in [6.07, 6.45) is 3.75. The molecule has 28 heavy (non-hydrogen) atoms. The van der Waals surface area contributed by atoms with E-state index in [2.05, 4.69) is 31.8 Å². The molecule has 0 aliphatic carbocycles. The summed E-state index contributed by atoms with van der Waals surface area (Å²) in [5.74, 6) is -0.602. The monoisotopic (exact) mass is 441 g/mol. The molecule has 2 aromatic carbocycles. The first-order valence-corrected chi connectivity index (χ1v) is 9.50. The molecule has 8 heteroatoms. The van der Waals surface area contributed by atoms with Crippen LogP contribution in [0.2, 0.25) is 0 Å². The number of carbonyl (C=O) groups is 2. The smallest absolute Gasteiger partial charge is 0.259 e. The van der Waals surface area contributed by atoms with Crippen molar-refractivity contribution < 1.29 is 9.59 Å². The average molecular weight is 442 g/mol. The number of hydrazone groups is 1. The molecule has 1 heterocycles. The first-order chi connectivity index (χ1) is 13.5. The Hall–Kier alpha value is -3.13. The maximum absolute atomic E-state index is 12.0. The molecule has 0 aliphatic rings. The van der Waals surface area contributed by atoms with Crippen molar-refractivity contribution in [3.05, 3.63) is 64.8 Å². The van der Waals surface area contributed by atoms with Gasteiger partial charge in [0.05, 0.1) is 12.8 Å². The summed E-state index contributed by atoms with van der Waals surface area (Å²) in [6.45, 7) is 0.604. The van der Waals surface area contributed by atoms with Crippen molar-refractivity contribution in [3.8, 4) is 0 Å².